The average molecular weight is 160 g/mol. The monoisotopic (exact) mass is 160 g/mol. The fourth-order valence-corrected chi connectivity index (χ4v) is 1.33. The third-order valence-electron chi connectivity index (χ3n) is 1.19. The largest absolute Gasteiger partial charge is 0.336 e. The van der Waals surface area contributed by atoms with Crippen LogP contribution in [0.3, 0.4) is 0 Å². The van der Waals surface area contributed by atoms with Crippen molar-refractivity contribution in [3.63, 3.8) is 0 Å². The minimum atomic E-state index is -3.07. The zero-order valence-corrected chi connectivity index (χ0v) is 6.35. The number of nitrogens with one attached hydrogen (secondary N) is 1. The predicted octanol–water partition coefficient (Wildman–Crippen LogP) is 0.203. The van der Waals surface area contributed by atoms with Gasteiger partial charge in [-0.1, -0.05) is 6.92 Å². The molecule has 1 N–H and O–H groups in total. The fourth-order valence-electron chi connectivity index (χ4n) is 0.569. The Balaban J connectivity index is 3.09. The second kappa shape index (κ2) is 2.42. The average Bonchev–Trinajstić information content (AvgIpc) is 2.38. The molecule has 4 nitrogen and oxygen atoms in total. The van der Waals surface area contributed by atoms with Gasteiger partial charge in [0.15, 0.2) is 14.9 Å². The van der Waals surface area contributed by atoms with Crippen molar-refractivity contribution in [2.45, 2.75) is 11.9 Å². The molecular weight excluding hydrogens is 152 g/mol. The molecule has 0 aliphatic rings. The maximum Gasteiger partial charge on any atom is 0.194 e. The van der Waals surface area contributed by atoms with E-state index in [1.807, 2.05) is 0 Å². The Morgan fingerprint density at radius 1 is 1.70 bits per heavy atom. The molecule has 0 amide bonds. The van der Waals surface area contributed by atoms with Gasteiger partial charge < -0.3 is 4.98 Å². The van der Waals surface area contributed by atoms with Gasteiger partial charge in [-0.05, 0) is 0 Å². The van der Waals surface area contributed by atoms with Gasteiger partial charge in [-0.15, -0.1) is 0 Å². The first-order chi connectivity index (χ1) is 4.67. The molecule has 0 aliphatic carbocycles. The van der Waals surface area contributed by atoms with Crippen LogP contribution in [-0.2, 0) is 9.84 Å². The SMILES string of the molecule is CCS(=O)(=O)c1cnc[nH]1. The van der Waals surface area contributed by atoms with E-state index in [9.17, 15) is 8.42 Å². The molecule has 1 aromatic heterocycles. The van der Waals surface area contributed by atoms with Gasteiger partial charge in [-0.3, -0.25) is 0 Å². The van der Waals surface area contributed by atoms with Crippen LogP contribution in [0, 0.1) is 0 Å². The van der Waals surface area contributed by atoms with Crippen LogP contribution in [0.4, 0.5) is 0 Å². The van der Waals surface area contributed by atoms with E-state index in [1.54, 1.807) is 6.92 Å². The summed E-state index contributed by atoms with van der Waals surface area (Å²) in [6.45, 7) is 1.59. The van der Waals surface area contributed by atoms with Crippen molar-refractivity contribution in [3.05, 3.63) is 12.5 Å². The van der Waals surface area contributed by atoms with Crippen LogP contribution in [0.5, 0.6) is 0 Å². The molecule has 0 atom stereocenters. The zero-order valence-electron chi connectivity index (χ0n) is 5.53. The van der Waals surface area contributed by atoms with Crippen molar-refractivity contribution >= 4 is 9.84 Å². The summed E-state index contributed by atoms with van der Waals surface area (Å²) in [4.78, 5) is 6.13. The van der Waals surface area contributed by atoms with Gasteiger partial charge in [-0.25, -0.2) is 13.4 Å². The highest BCUT2D eigenvalue weighted by molar-refractivity contribution is 7.91. The van der Waals surface area contributed by atoms with E-state index in [4.69, 9.17) is 0 Å². The van der Waals surface area contributed by atoms with Crippen LogP contribution in [0.1, 0.15) is 6.92 Å². The number of aromatic nitrogens is 2. The van der Waals surface area contributed by atoms with Gasteiger partial charge in [0, 0.05) is 0 Å². The van der Waals surface area contributed by atoms with Crippen molar-refractivity contribution in [2.24, 2.45) is 0 Å². The highest BCUT2D eigenvalue weighted by atomic mass is 32.2. The second-order valence-electron chi connectivity index (χ2n) is 1.82. The predicted molar refractivity (Wildman–Crippen MR) is 36.3 cm³/mol. The minimum absolute atomic E-state index is 0.106. The highest BCUT2D eigenvalue weighted by Crippen LogP contribution is 2.03. The third-order valence-corrected chi connectivity index (χ3v) is 2.84. The quantitative estimate of drug-likeness (QED) is 0.672. The Morgan fingerprint density at radius 2 is 2.40 bits per heavy atom. The number of hydrogen-bond acceptors (Lipinski definition) is 3. The number of aromatic amines is 1. The molecule has 0 bridgehead atoms. The fraction of sp³-hybridized carbons (Fsp3) is 0.400. The molecule has 0 saturated carbocycles. The summed E-state index contributed by atoms with van der Waals surface area (Å²) in [6.07, 6.45) is 2.65. The molecular formula is C5H8N2O2S. The molecule has 1 heterocycles. The number of imidazole rings is 1. The number of hydrogen-bond donors (Lipinski definition) is 1. The molecule has 0 aromatic carbocycles. The minimum Gasteiger partial charge on any atom is -0.336 e. The van der Waals surface area contributed by atoms with Gasteiger partial charge in [-0.2, -0.15) is 0 Å². The van der Waals surface area contributed by atoms with E-state index < -0.39 is 9.84 Å². The molecule has 10 heavy (non-hydrogen) atoms. The molecule has 0 aliphatic heterocycles. The van der Waals surface area contributed by atoms with Crippen molar-refractivity contribution in [1.29, 1.82) is 0 Å². The lowest BCUT2D eigenvalue weighted by Crippen LogP contribution is -2.03. The van der Waals surface area contributed by atoms with Crippen molar-refractivity contribution in [1.82, 2.24) is 9.97 Å². The van der Waals surface area contributed by atoms with Gasteiger partial charge in [0.2, 0.25) is 0 Å². The Morgan fingerprint density at radius 3 is 2.80 bits per heavy atom. The summed E-state index contributed by atoms with van der Waals surface area (Å²) in [5.74, 6) is 0.106. The summed E-state index contributed by atoms with van der Waals surface area (Å²) >= 11 is 0. The molecule has 0 saturated heterocycles. The van der Waals surface area contributed by atoms with Gasteiger partial charge in [0.05, 0.1) is 18.3 Å². The second-order valence-corrected chi connectivity index (χ2v) is 4.07. The zero-order chi connectivity index (χ0) is 7.61. The number of H-pyrrole nitrogens is 1. The Labute approximate surface area is 59.2 Å². The van der Waals surface area contributed by atoms with Crippen LogP contribution in [0.2, 0.25) is 0 Å². The number of rotatable bonds is 2. The summed E-state index contributed by atoms with van der Waals surface area (Å²) in [5.41, 5.74) is 0. The van der Waals surface area contributed by atoms with E-state index in [0.717, 1.165) is 0 Å². The first-order valence-corrected chi connectivity index (χ1v) is 4.53. The Bertz CT molecular complexity index is 287. The first kappa shape index (κ1) is 7.27. The standard InChI is InChI=1S/C5H8N2O2S/c1-2-10(8,9)5-3-6-4-7-5/h3-4H,2H2,1H3,(H,6,7). The van der Waals surface area contributed by atoms with Gasteiger partial charge in [0.1, 0.15) is 0 Å². The van der Waals surface area contributed by atoms with Crippen molar-refractivity contribution in [2.75, 3.05) is 5.75 Å². The lowest BCUT2D eigenvalue weighted by atomic mass is 10.9. The lowest BCUT2D eigenvalue weighted by molar-refractivity contribution is 0.594. The van der Waals surface area contributed by atoms with E-state index in [2.05, 4.69) is 9.97 Å². The van der Waals surface area contributed by atoms with Crippen molar-refractivity contribution < 1.29 is 8.42 Å². The van der Waals surface area contributed by atoms with E-state index in [0.29, 0.717) is 0 Å². The molecule has 0 unspecified atom stereocenters. The summed E-state index contributed by atoms with van der Waals surface area (Å²) in [7, 11) is -3.07. The van der Waals surface area contributed by atoms with Gasteiger partial charge in [0.25, 0.3) is 0 Å². The van der Waals surface area contributed by atoms with E-state index in [1.165, 1.54) is 12.5 Å². The Kier molecular flexibility index (Phi) is 1.76. The van der Waals surface area contributed by atoms with E-state index in [-0.39, 0.29) is 10.8 Å². The van der Waals surface area contributed by atoms with Crippen LogP contribution in [-0.4, -0.2) is 24.1 Å². The lowest BCUT2D eigenvalue weighted by Gasteiger charge is -1.92. The molecule has 0 radical (unpaired) electrons. The van der Waals surface area contributed by atoms with Crippen LogP contribution < -0.4 is 0 Å². The molecule has 0 spiro atoms. The molecule has 56 valence electrons. The summed E-state index contributed by atoms with van der Waals surface area (Å²) in [6, 6.07) is 0. The number of sulfone groups is 1. The topological polar surface area (TPSA) is 62.8 Å². The summed E-state index contributed by atoms with van der Waals surface area (Å²) < 4.78 is 22.0. The molecule has 0 fully saturated rings. The Hall–Kier alpha value is -0.840. The highest BCUT2D eigenvalue weighted by Gasteiger charge is 2.11. The van der Waals surface area contributed by atoms with Crippen LogP contribution >= 0.6 is 0 Å². The smallest absolute Gasteiger partial charge is 0.194 e. The molecule has 1 rings (SSSR count). The molecule has 5 heteroatoms. The summed E-state index contributed by atoms with van der Waals surface area (Å²) in [5, 5.41) is 0.190. The normalized spacial score (nSPS) is 11.7. The van der Waals surface area contributed by atoms with Crippen LogP contribution in [0.15, 0.2) is 17.6 Å². The third kappa shape index (κ3) is 1.18. The van der Waals surface area contributed by atoms with Crippen LogP contribution in [0.25, 0.3) is 0 Å². The maximum absolute atomic E-state index is 11.0. The number of nitrogens with zero attached hydrogens (tertiary/aromatic N) is 1. The van der Waals surface area contributed by atoms with E-state index >= 15 is 0 Å². The first-order valence-electron chi connectivity index (χ1n) is 2.88. The maximum atomic E-state index is 11.0. The van der Waals surface area contributed by atoms with Gasteiger partial charge >= 0.3 is 0 Å². The molecule has 1 aromatic rings. The van der Waals surface area contributed by atoms with Crippen molar-refractivity contribution in [3.8, 4) is 0 Å².